The Morgan fingerprint density at radius 2 is 2.11 bits per heavy atom. The van der Waals surface area contributed by atoms with Gasteiger partial charge in [-0.3, -0.25) is 9.78 Å². The number of benzene rings is 1. The van der Waals surface area contributed by atoms with Gasteiger partial charge in [0.2, 0.25) is 5.91 Å². The van der Waals surface area contributed by atoms with Crippen molar-refractivity contribution in [2.45, 2.75) is 31.6 Å². The summed E-state index contributed by atoms with van der Waals surface area (Å²) in [6, 6.07) is 9.80. The monoisotopic (exact) mass is 380 g/mol. The highest BCUT2D eigenvalue weighted by Gasteiger charge is 2.38. The summed E-state index contributed by atoms with van der Waals surface area (Å²) < 4.78 is 18.8. The van der Waals surface area contributed by atoms with Crippen molar-refractivity contribution in [3.8, 4) is 11.5 Å². The molecule has 4 rings (SSSR count). The maximum Gasteiger partial charge on any atom is 0.258 e. The molecule has 6 nitrogen and oxygen atoms in total. The van der Waals surface area contributed by atoms with Gasteiger partial charge in [0.1, 0.15) is 5.82 Å². The molecule has 0 bridgehead atoms. The molecule has 7 heteroatoms. The van der Waals surface area contributed by atoms with Gasteiger partial charge in [-0.15, -0.1) is 0 Å². The number of halogens is 1. The first-order valence-electron chi connectivity index (χ1n) is 9.30. The van der Waals surface area contributed by atoms with Crippen LogP contribution in [0.15, 0.2) is 53.3 Å². The van der Waals surface area contributed by atoms with Crippen molar-refractivity contribution in [3.05, 3.63) is 66.0 Å². The van der Waals surface area contributed by atoms with Gasteiger partial charge in [0.05, 0.1) is 6.42 Å². The SMILES string of the molecule is CC1(c2noc(-c3ccncc3)n2)CCCN(C(=O)Cc2cccc(F)c2)C1. The first kappa shape index (κ1) is 18.3. The lowest BCUT2D eigenvalue weighted by Gasteiger charge is -2.38. The average Bonchev–Trinajstić information content (AvgIpc) is 3.20. The van der Waals surface area contributed by atoms with Crippen LogP contribution in [0.3, 0.4) is 0 Å². The van der Waals surface area contributed by atoms with E-state index in [4.69, 9.17) is 4.52 Å². The van der Waals surface area contributed by atoms with E-state index in [1.807, 2.05) is 17.0 Å². The predicted octanol–water partition coefficient (Wildman–Crippen LogP) is 3.39. The number of carbonyl (C=O) groups excluding carboxylic acids is 1. The Balaban J connectivity index is 1.49. The quantitative estimate of drug-likeness (QED) is 0.694. The third kappa shape index (κ3) is 3.78. The number of piperidine rings is 1. The highest BCUT2D eigenvalue weighted by atomic mass is 19.1. The van der Waals surface area contributed by atoms with E-state index in [9.17, 15) is 9.18 Å². The van der Waals surface area contributed by atoms with Crippen LogP contribution in [0.25, 0.3) is 11.5 Å². The van der Waals surface area contributed by atoms with Crippen molar-refractivity contribution in [2.75, 3.05) is 13.1 Å². The van der Waals surface area contributed by atoms with Crippen molar-refractivity contribution in [1.29, 1.82) is 0 Å². The Hall–Kier alpha value is -3.09. The van der Waals surface area contributed by atoms with E-state index in [1.165, 1.54) is 12.1 Å². The molecular weight excluding hydrogens is 359 g/mol. The number of likely N-dealkylation sites (tertiary alicyclic amines) is 1. The molecule has 1 aliphatic heterocycles. The third-order valence-electron chi connectivity index (χ3n) is 5.19. The summed E-state index contributed by atoms with van der Waals surface area (Å²) >= 11 is 0. The standard InChI is InChI=1S/C21H21FN4O2/c1-21(20-24-19(28-25-20)16-6-9-23-10-7-16)8-3-11-26(14-21)18(27)13-15-4-2-5-17(22)12-15/h2,4-7,9-10,12H,3,8,11,13-14H2,1H3. The summed E-state index contributed by atoms with van der Waals surface area (Å²) in [7, 11) is 0. The summed E-state index contributed by atoms with van der Waals surface area (Å²) in [4.78, 5) is 23.1. The van der Waals surface area contributed by atoms with Crippen LogP contribution < -0.4 is 0 Å². The molecule has 1 amide bonds. The summed E-state index contributed by atoms with van der Waals surface area (Å²) in [5.74, 6) is 0.697. The van der Waals surface area contributed by atoms with Crippen LogP contribution in [-0.2, 0) is 16.6 Å². The molecule has 1 saturated heterocycles. The van der Waals surface area contributed by atoms with Gasteiger partial charge >= 0.3 is 0 Å². The average molecular weight is 380 g/mol. The molecule has 0 spiro atoms. The van der Waals surface area contributed by atoms with Crippen molar-refractivity contribution >= 4 is 5.91 Å². The van der Waals surface area contributed by atoms with Crippen LogP contribution in [0, 0.1) is 5.82 Å². The van der Waals surface area contributed by atoms with Crippen LogP contribution in [0.5, 0.6) is 0 Å². The topological polar surface area (TPSA) is 72.1 Å². The zero-order chi connectivity index (χ0) is 19.6. The number of rotatable bonds is 4. The van der Waals surface area contributed by atoms with E-state index < -0.39 is 0 Å². The van der Waals surface area contributed by atoms with Crippen molar-refractivity contribution in [2.24, 2.45) is 0 Å². The van der Waals surface area contributed by atoms with E-state index in [2.05, 4.69) is 22.0 Å². The number of aromatic nitrogens is 3. The Kier molecular flexibility index (Phi) is 4.90. The van der Waals surface area contributed by atoms with Gasteiger partial charge in [-0.2, -0.15) is 4.98 Å². The van der Waals surface area contributed by atoms with Gasteiger partial charge in [-0.05, 0) is 42.7 Å². The molecule has 1 aliphatic rings. The van der Waals surface area contributed by atoms with E-state index >= 15 is 0 Å². The number of carbonyl (C=O) groups is 1. The lowest BCUT2D eigenvalue weighted by molar-refractivity contribution is -0.132. The zero-order valence-electron chi connectivity index (χ0n) is 15.6. The fourth-order valence-corrected chi connectivity index (χ4v) is 3.65. The maximum atomic E-state index is 13.4. The van der Waals surface area contributed by atoms with Crippen LogP contribution in [0.4, 0.5) is 4.39 Å². The molecule has 2 aromatic heterocycles. The molecular formula is C21H21FN4O2. The number of pyridine rings is 1. The fourth-order valence-electron chi connectivity index (χ4n) is 3.65. The Morgan fingerprint density at radius 3 is 2.89 bits per heavy atom. The second-order valence-electron chi connectivity index (χ2n) is 7.45. The largest absolute Gasteiger partial charge is 0.341 e. The molecule has 144 valence electrons. The van der Waals surface area contributed by atoms with Gasteiger partial charge in [0.25, 0.3) is 5.89 Å². The smallest absolute Gasteiger partial charge is 0.258 e. The predicted molar refractivity (Wildman–Crippen MR) is 101 cm³/mol. The van der Waals surface area contributed by atoms with Crippen LogP contribution >= 0.6 is 0 Å². The number of hydrogen-bond acceptors (Lipinski definition) is 5. The van der Waals surface area contributed by atoms with Gasteiger partial charge in [0, 0.05) is 36.5 Å². The molecule has 28 heavy (non-hydrogen) atoms. The summed E-state index contributed by atoms with van der Waals surface area (Å²) in [5, 5.41) is 4.18. The minimum absolute atomic E-state index is 0.0191. The normalized spacial score (nSPS) is 19.6. The molecule has 1 aromatic carbocycles. The first-order valence-corrected chi connectivity index (χ1v) is 9.30. The van der Waals surface area contributed by atoms with Crippen molar-refractivity contribution in [3.63, 3.8) is 0 Å². The number of hydrogen-bond donors (Lipinski definition) is 0. The lowest BCUT2D eigenvalue weighted by atomic mass is 9.81. The molecule has 0 N–H and O–H groups in total. The van der Waals surface area contributed by atoms with Gasteiger partial charge in [-0.25, -0.2) is 4.39 Å². The summed E-state index contributed by atoms with van der Waals surface area (Å²) in [6.07, 6.45) is 5.25. The first-order chi connectivity index (χ1) is 13.5. The minimum atomic E-state index is -0.384. The van der Waals surface area contributed by atoms with E-state index in [1.54, 1.807) is 24.5 Å². The van der Waals surface area contributed by atoms with Crippen LogP contribution in [-0.4, -0.2) is 39.0 Å². The van der Waals surface area contributed by atoms with Crippen LogP contribution in [0.2, 0.25) is 0 Å². The minimum Gasteiger partial charge on any atom is -0.341 e. The van der Waals surface area contributed by atoms with E-state index in [-0.39, 0.29) is 23.6 Å². The molecule has 3 heterocycles. The zero-order valence-corrected chi connectivity index (χ0v) is 15.6. The number of amides is 1. The van der Waals surface area contributed by atoms with Gasteiger partial charge in [-0.1, -0.05) is 24.2 Å². The van der Waals surface area contributed by atoms with Crippen molar-refractivity contribution < 1.29 is 13.7 Å². The van der Waals surface area contributed by atoms with E-state index in [0.29, 0.717) is 30.4 Å². The second-order valence-corrected chi connectivity index (χ2v) is 7.45. The van der Waals surface area contributed by atoms with Gasteiger partial charge in [0.15, 0.2) is 5.82 Å². The highest BCUT2D eigenvalue weighted by molar-refractivity contribution is 5.79. The maximum absolute atomic E-state index is 13.4. The fraction of sp³-hybridized carbons (Fsp3) is 0.333. The highest BCUT2D eigenvalue weighted by Crippen LogP contribution is 2.33. The Labute approximate surface area is 162 Å². The molecule has 1 unspecified atom stereocenters. The molecule has 3 aromatic rings. The van der Waals surface area contributed by atoms with E-state index in [0.717, 1.165) is 18.4 Å². The molecule has 0 saturated carbocycles. The summed E-state index contributed by atoms with van der Waals surface area (Å²) in [6.45, 7) is 3.24. The van der Waals surface area contributed by atoms with Crippen molar-refractivity contribution in [1.82, 2.24) is 20.0 Å². The molecule has 0 radical (unpaired) electrons. The summed E-state index contributed by atoms with van der Waals surface area (Å²) in [5.41, 5.74) is 1.11. The molecule has 1 fully saturated rings. The Bertz CT molecular complexity index is 975. The van der Waals surface area contributed by atoms with Gasteiger partial charge < -0.3 is 9.42 Å². The van der Waals surface area contributed by atoms with Crippen LogP contribution in [0.1, 0.15) is 31.2 Å². The molecule has 1 atom stereocenters. The Morgan fingerprint density at radius 1 is 1.29 bits per heavy atom. The second kappa shape index (κ2) is 7.50. The number of nitrogens with zero attached hydrogens (tertiary/aromatic N) is 4. The third-order valence-corrected chi connectivity index (χ3v) is 5.19. The molecule has 0 aliphatic carbocycles. The lowest BCUT2D eigenvalue weighted by Crippen LogP contribution is -2.48.